The van der Waals surface area contributed by atoms with Gasteiger partial charge in [-0.15, -0.1) is 0 Å². The fourth-order valence-electron chi connectivity index (χ4n) is 0.636. The van der Waals surface area contributed by atoms with Crippen molar-refractivity contribution in [2.75, 3.05) is 11.1 Å². The van der Waals surface area contributed by atoms with Crippen LogP contribution in [0.2, 0.25) is 0 Å². The summed E-state index contributed by atoms with van der Waals surface area (Å²) in [6.07, 6.45) is 3.24. The summed E-state index contributed by atoms with van der Waals surface area (Å²) in [6.45, 7) is 0. The van der Waals surface area contributed by atoms with Gasteiger partial charge in [-0.3, -0.25) is 9.78 Å². The Kier molecular flexibility index (Phi) is 2.92. The largest absolute Gasteiger partial charge is 0.325 e. The third-order valence-electron chi connectivity index (χ3n) is 1.11. The molecule has 0 saturated carbocycles. The number of hydrogen-bond donors (Lipinski definition) is 2. The zero-order chi connectivity index (χ0) is 8.10. The van der Waals surface area contributed by atoms with E-state index in [0.29, 0.717) is 0 Å². The van der Waals surface area contributed by atoms with E-state index >= 15 is 0 Å². The van der Waals surface area contributed by atoms with Crippen LogP contribution in [0.5, 0.6) is 0 Å². The molecule has 0 saturated heterocycles. The van der Waals surface area contributed by atoms with E-state index in [-0.39, 0.29) is 11.7 Å². The molecular weight excluding hydrogens is 160 g/mol. The molecule has 0 aliphatic heterocycles. The Morgan fingerprint density at radius 1 is 1.55 bits per heavy atom. The summed E-state index contributed by atoms with van der Waals surface area (Å²) < 4.78 is 0. The number of hydrogen-bond acceptors (Lipinski definition) is 3. The minimum Gasteiger partial charge on any atom is -0.325 e. The number of carbonyl (C=O) groups is 1. The summed E-state index contributed by atoms with van der Waals surface area (Å²) in [4.78, 5) is 14.6. The monoisotopic (exact) mass is 168 g/mol. The normalized spacial score (nSPS) is 9.18. The van der Waals surface area contributed by atoms with E-state index in [2.05, 4.69) is 22.9 Å². The van der Waals surface area contributed by atoms with Gasteiger partial charge in [-0.2, -0.15) is 12.6 Å². The molecule has 0 bridgehead atoms. The molecule has 4 heteroatoms. The van der Waals surface area contributed by atoms with Crippen LogP contribution in [0, 0.1) is 0 Å². The van der Waals surface area contributed by atoms with Gasteiger partial charge in [0.05, 0.1) is 5.75 Å². The minimum atomic E-state index is -0.112. The van der Waals surface area contributed by atoms with E-state index in [4.69, 9.17) is 0 Å². The van der Waals surface area contributed by atoms with Crippen LogP contribution in [0.4, 0.5) is 5.69 Å². The number of thiol groups is 1. The van der Waals surface area contributed by atoms with Crippen LogP contribution in [0.15, 0.2) is 24.5 Å². The number of pyridine rings is 1. The minimum absolute atomic E-state index is 0.112. The molecule has 1 aromatic heterocycles. The first-order chi connectivity index (χ1) is 5.33. The van der Waals surface area contributed by atoms with Gasteiger partial charge in [0.15, 0.2) is 0 Å². The predicted molar refractivity (Wildman–Crippen MR) is 46.7 cm³/mol. The van der Waals surface area contributed by atoms with Gasteiger partial charge < -0.3 is 5.32 Å². The topological polar surface area (TPSA) is 42.0 Å². The number of aromatic nitrogens is 1. The summed E-state index contributed by atoms with van der Waals surface area (Å²) in [6, 6.07) is 3.45. The van der Waals surface area contributed by atoms with Gasteiger partial charge in [0.2, 0.25) is 5.91 Å². The first-order valence-electron chi connectivity index (χ1n) is 3.13. The molecule has 0 aliphatic carbocycles. The Bertz CT molecular complexity index is 237. The molecular formula is C7H8N2OS. The fourth-order valence-corrected chi connectivity index (χ4v) is 0.715. The highest BCUT2D eigenvalue weighted by atomic mass is 32.1. The lowest BCUT2D eigenvalue weighted by atomic mass is 10.4. The van der Waals surface area contributed by atoms with E-state index in [1.54, 1.807) is 24.5 Å². The second-order valence-electron chi connectivity index (χ2n) is 1.94. The average Bonchev–Trinajstić information content (AvgIpc) is 2.06. The number of rotatable bonds is 2. The van der Waals surface area contributed by atoms with E-state index in [9.17, 15) is 4.79 Å². The van der Waals surface area contributed by atoms with Crippen LogP contribution in [0.3, 0.4) is 0 Å². The summed E-state index contributed by atoms with van der Waals surface area (Å²) in [5, 5.41) is 2.64. The highest BCUT2D eigenvalue weighted by Crippen LogP contribution is 2.02. The molecule has 1 amide bonds. The highest BCUT2D eigenvalue weighted by molar-refractivity contribution is 7.81. The Morgan fingerprint density at radius 2 is 2.18 bits per heavy atom. The SMILES string of the molecule is O=C(CS)Nc1ccncc1. The average molecular weight is 168 g/mol. The maximum Gasteiger partial charge on any atom is 0.234 e. The lowest BCUT2D eigenvalue weighted by Gasteiger charge is -2.00. The highest BCUT2D eigenvalue weighted by Gasteiger charge is 1.96. The molecule has 1 heterocycles. The first kappa shape index (κ1) is 8.07. The van der Waals surface area contributed by atoms with Crippen molar-refractivity contribution in [1.82, 2.24) is 4.98 Å². The molecule has 0 radical (unpaired) electrons. The quantitative estimate of drug-likeness (QED) is 0.645. The molecule has 0 aliphatic rings. The van der Waals surface area contributed by atoms with E-state index in [0.717, 1.165) is 5.69 Å². The zero-order valence-electron chi connectivity index (χ0n) is 5.82. The van der Waals surface area contributed by atoms with E-state index in [1.165, 1.54) is 0 Å². The summed E-state index contributed by atoms with van der Waals surface area (Å²) in [7, 11) is 0. The van der Waals surface area contributed by atoms with Crippen LogP contribution in [-0.4, -0.2) is 16.6 Å². The number of carbonyl (C=O) groups excluding carboxylic acids is 1. The van der Waals surface area contributed by atoms with Crippen molar-refractivity contribution in [3.05, 3.63) is 24.5 Å². The first-order valence-corrected chi connectivity index (χ1v) is 3.77. The maximum atomic E-state index is 10.8. The van der Waals surface area contributed by atoms with E-state index in [1.807, 2.05) is 0 Å². The second-order valence-corrected chi connectivity index (χ2v) is 2.26. The number of amides is 1. The predicted octanol–water partition coefficient (Wildman–Crippen LogP) is 0.950. The second kappa shape index (κ2) is 3.98. The van der Waals surface area contributed by atoms with Crippen LogP contribution >= 0.6 is 12.6 Å². The Balaban J connectivity index is 2.58. The lowest BCUT2D eigenvalue weighted by Crippen LogP contribution is -2.12. The van der Waals surface area contributed by atoms with Crippen LogP contribution in [0.1, 0.15) is 0 Å². The van der Waals surface area contributed by atoms with Crippen molar-refractivity contribution in [3.63, 3.8) is 0 Å². The van der Waals surface area contributed by atoms with Gasteiger partial charge >= 0.3 is 0 Å². The third-order valence-corrected chi connectivity index (χ3v) is 1.39. The molecule has 0 aromatic carbocycles. The van der Waals surface area contributed by atoms with Crippen LogP contribution in [-0.2, 0) is 4.79 Å². The maximum absolute atomic E-state index is 10.8. The zero-order valence-corrected chi connectivity index (χ0v) is 6.71. The van der Waals surface area contributed by atoms with Crippen LogP contribution < -0.4 is 5.32 Å². The Hall–Kier alpha value is -1.03. The van der Waals surface area contributed by atoms with Crippen molar-refractivity contribution in [3.8, 4) is 0 Å². The summed E-state index contributed by atoms with van der Waals surface area (Å²) >= 11 is 3.82. The molecule has 1 aromatic rings. The van der Waals surface area contributed by atoms with E-state index < -0.39 is 0 Å². The fraction of sp³-hybridized carbons (Fsp3) is 0.143. The van der Waals surface area contributed by atoms with Crippen molar-refractivity contribution < 1.29 is 4.79 Å². The van der Waals surface area contributed by atoms with Crippen molar-refractivity contribution >= 4 is 24.2 Å². The van der Waals surface area contributed by atoms with Crippen molar-refractivity contribution in [2.45, 2.75) is 0 Å². The molecule has 0 unspecified atom stereocenters. The van der Waals surface area contributed by atoms with Gasteiger partial charge in [-0.05, 0) is 12.1 Å². The molecule has 1 N–H and O–H groups in total. The van der Waals surface area contributed by atoms with Crippen molar-refractivity contribution in [1.29, 1.82) is 0 Å². The molecule has 0 atom stereocenters. The lowest BCUT2D eigenvalue weighted by molar-refractivity contribution is -0.113. The standard InChI is InChI=1S/C7H8N2OS/c10-7(5-11)9-6-1-3-8-4-2-6/h1-4,11H,5H2,(H,8,9,10). The summed E-state index contributed by atoms with van der Waals surface area (Å²) in [5.41, 5.74) is 0.749. The smallest absolute Gasteiger partial charge is 0.234 e. The van der Waals surface area contributed by atoms with Gasteiger partial charge in [-0.1, -0.05) is 0 Å². The van der Waals surface area contributed by atoms with Gasteiger partial charge in [0, 0.05) is 18.1 Å². The number of nitrogens with one attached hydrogen (secondary N) is 1. The van der Waals surface area contributed by atoms with Gasteiger partial charge in [0.25, 0.3) is 0 Å². The molecule has 58 valence electrons. The number of anilines is 1. The Morgan fingerprint density at radius 3 is 2.73 bits per heavy atom. The molecule has 11 heavy (non-hydrogen) atoms. The molecule has 0 spiro atoms. The van der Waals surface area contributed by atoms with Crippen molar-refractivity contribution in [2.24, 2.45) is 0 Å². The number of nitrogens with zero attached hydrogens (tertiary/aromatic N) is 1. The van der Waals surface area contributed by atoms with Gasteiger partial charge in [0.1, 0.15) is 0 Å². The summed E-state index contributed by atoms with van der Waals surface area (Å²) in [5.74, 6) is 0.0852. The molecule has 0 fully saturated rings. The Labute approximate surface area is 70.2 Å². The van der Waals surface area contributed by atoms with Crippen LogP contribution in [0.25, 0.3) is 0 Å². The molecule has 1 rings (SSSR count). The van der Waals surface area contributed by atoms with Gasteiger partial charge in [-0.25, -0.2) is 0 Å². The molecule has 3 nitrogen and oxygen atoms in total. The third kappa shape index (κ3) is 2.59.